The molecule has 2 N–H and O–H groups in total. The number of hydrogen-bond donors (Lipinski definition) is 2. The van der Waals surface area contributed by atoms with E-state index in [1.165, 1.54) is 68.6 Å². The van der Waals surface area contributed by atoms with Crippen LogP contribution in [0.4, 0.5) is 0 Å². The second-order valence-electron chi connectivity index (χ2n) is 12.5. The summed E-state index contributed by atoms with van der Waals surface area (Å²) in [5.41, 5.74) is 2.81. The molecule has 0 unspecified atom stereocenters. The highest BCUT2D eigenvalue weighted by molar-refractivity contribution is 7.80. The Bertz CT molecular complexity index is 1630. The molecule has 2 atom stereocenters. The molecule has 2 nitrogen and oxygen atoms in total. The Labute approximate surface area is 289 Å². The first-order valence-electron chi connectivity index (χ1n) is 17.3. The topological polar surface area (TPSA) is 24.1 Å². The minimum atomic E-state index is -0.646. The van der Waals surface area contributed by atoms with Crippen molar-refractivity contribution in [2.45, 2.75) is 50.9 Å². The van der Waals surface area contributed by atoms with Gasteiger partial charge in [-0.3, -0.25) is 0 Å². The van der Waals surface area contributed by atoms with Crippen LogP contribution in [0.3, 0.4) is 0 Å². The fourth-order valence-electron chi connectivity index (χ4n) is 7.02. The molecule has 0 heterocycles. The zero-order valence-electron chi connectivity index (χ0n) is 27.5. The van der Waals surface area contributed by atoms with E-state index in [0.29, 0.717) is 12.1 Å². The lowest BCUT2D eigenvalue weighted by atomic mass is 9.90. The van der Waals surface area contributed by atoms with Gasteiger partial charge in [0.05, 0.1) is 0 Å². The monoisotopic (exact) mass is 662 g/mol. The van der Waals surface area contributed by atoms with E-state index in [-0.39, 0.29) is 0 Å². The zero-order chi connectivity index (χ0) is 32.4. The standard InChI is InChI=1S/C44H44N2P2/c1-5-21-37(22-6-1)47(38-23-7-2-8-24-38)43-31-17-13-19-35(43)33-45-41-29-15-16-30-42(41)46-34-36-20-14-18-32-44(36)48(39-25-9-3-10-26-39)40-27-11-4-12-28-40/h1-14,17-28,31-32,41-42,45-46H,15-16,29-30,33-34H2/t41-,42+. The zero-order valence-corrected chi connectivity index (χ0v) is 29.2. The Kier molecular flexibility index (Phi) is 11.2. The first-order valence-corrected chi connectivity index (χ1v) is 20.0. The highest BCUT2D eigenvalue weighted by Gasteiger charge is 2.27. The quantitative estimate of drug-likeness (QED) is 0.134. The van der Waals surface area contributed by atoms with E-state index in [4.69, 9.17) is 0 Å². The molecule has 1 fully saturated rings. The Morgan fingerprint density at radius 3 is 1.00 bits per heavy atom. The molecule has 0 aliphatic heterocycles. The van der Waals surface area contributed by atoms with Gasteiger partial charge in [-0.1, -0.05) is 183 Å². The van der Waals surface area contributed by atoms with Crippen LogP contribution in [0.1, 0.15) is 36.8 Å². The van der Waals surface area contributed by atoms with Gasteiger partial charge in [-0.05, 0) is 71.6 Å². The molecule has 7 rings (SSSR count). The molecule has 6 aromatic rings. The van der Waals surface area contributed by atoms with Gasteiger partial charge >= 0.3 is 0 Å². The van der Waals surface area contributed by atoms with Crippen molar-refractivity contribution in [1.29, 1.82) is 0 Å². The molecule has 0 saturated heterocycles. The summed E-state index contributed by atoms with van der Waals surface area (Å²) in [6.45, 7) is 1.75. The lowest BCUT2D eigenvalue weighted by Gasteiger charge is -2.34. The lowest BCUT2D eigenvalue weighted by Crippen LogP contribution is -2.49. The number of benzene rings is 6. The molecule has 48 heavy (non-hydrogen) atoms. The highest BCUT2D eigenvalue weighted by Crippen LogP contribution is 2.35. The van der Waals surface area contributed by atoms with Gasteiger partial charge in [0, 0.05) is 25.2 Å². The second-order valence-corrected chi connectivity index (χ2v) is 16.9. The number of nitrogens with one attached hydrogen (secondary N) is 2. The average Bonchev–Trinajstić information content (AvgIpc) is 3.16. The second kappa shape index (κ2) is 16.5. The van der Waals surface area contributed by atoms with Gasteiger partial charge < -0.3 is 10.6 Å². The van der Waals surface area contributed by atoms with Crippen LogP contribution in [-0.4, -0.2) is 12.1 Å². The van der Waals surface area contributed by atoms with E-state index in [1.807, 2.05) is 0 Å². The molecule has 0 bridgehead atoms. The maximum Gasteiger partial charge on any atom is 0.0224 e. The minimum Gasteiger partial charge on any atom is -0.308 e. The maximum atomic E-state index is 4.06. The van der Waals surface area contributed by atoms with E-state index in [9.17, 15) is 0 Å². The van der Waals surface area contributed by atoms with E-state index in [0.717, 1.165) is 13.1 Å². The van der Waals surface area contributed by atoms with Crippen molar-refractivity contribution in [2.24, 2.45) is 0 Å². The van der Waals surface area contributed by atoms with Crippen LogP contribution in [0.2, 0.25) is 0 Å². The van der Waals surface area contributed by atoms with Gasteiger partial charge in [0.2, 0.25) is 0 Å². The van der Waals surface area contributed by atoms with Crippen molar-refractivity contribution >= 4 is 47.7 Å². The normalized spacial score (nSPS) is 16.3. The molecule has 1 aliphatic rings. The average molecular weight is 663 g/mol. The summed E-state index contributed by atoms with van der Waals surface area (Å²) in [7, 11) is -1.29. The molecule has 1 aliphatic carbocycles. The molecular weight excluding hydrogens is 618 g/mol. The molecule has 0 radical (unpaired) electrons. The molecule has 6 aromatic carbocycles. The molecule has 0 spiro atoms. The summed E-state index contributed by atoms with van der Waals surface area (Å²) in [6, 6.07) is 63.3. The van der Waals surface area contributed by atoms with Crippen LogP contribution >= 0.6 is 15.8 Å². The molecule has 1 saturated carbocycles. The first kappa shape index (κ1) is 32.6. The van der Waals surface area contributed by atoms with E-state index >= 15 is 0 Å². The summed E-state index contributed by atoms with van der Waals surface area (Å²) < 4.78 is 0. The third-order valence-corrected chi connectivity index (χ3v) is 14.5. The minimum absolute atomic E-state index is 0.434. The van der Waals surface area contributed by atoms with E-state index < -0.39 is 15.8 Å². The van der Waals surface area contributed by atoms with Gasteiger partial charge in [-0.15, -0.1) is 0 Å². The van der Waals surface area contributed by atoms with Gasteiger partial charge in [-0.25, -0.2) is 0 Å². The van der Waals surface area contributed by atoms with Crippen LogP contribution < -0.4 is 42.5 Å². The van der Waals surface area contributed by atoms with Crippen LogP contribution in [-0.2, 0) is 13.1 Å². The fraction of sp³-hybridized carbons (Fsp3) is 0.182. The largest absolute Gasteiger partial charge is 0.308 e. The van der Waals surface area contributed by atoms with Crippen LogP contribution in [0, 0.1) is 0 Å². The third kappa shape index (κ3) is 7.86. The SMILES string of the molecule is c1ccc(P(c2ccccc2)c2ccccc2CN[C@H]2CCCC[C@H]2NCc2ccccc2P(c2ccccc2)c2ccccc2)cc1. The first-order chi connectivity index (χ1) is 23.8. The van der Waals surface area contributed by atoms with Crippen LogP contribution in [0.5, 0.6) is 0 Å². The van der Waals surface area contributed by atoms with Crippen molar-refractivity contribution in [3.63, 3.8) is 0 Å². The van der Waals surface area contributed by atoms with Crippen LogP contribution in [0.15, 0.2) is 170 Å². The van der Waals surface area contributed by atoms with Crippen molar-refractivity contribution in [2.75, 3.05) is 0 Å². The van der Waals surface area contributed by atoms with Crippen molar-refractivity contribution in [1.82, 2.24) is 10.6 Å². The Morgan fingerprint density at radius 2 is 0.667 bits per heavy atom. The predicted octanol–water partition coefficient (Wildman–Crippen LogP) is 7.39. The molecule has 240 valence electrons. The van der Waals surface area contributed by atoms with E-state index in [1.54, 1.807) is 0 Å². The number of hydrogen-bond acceptors (Lipinski definition) is 2. The van der Waals surface area contributed by atoms with Gasteiger partial charge in [0.1, 0.15) is 0 Å². The smallest absolute Gasteiger partial charge is 0.0224 e. The molecular formula is C44H44N2P2. The van der Waals surface area contributed by atoms with E-state index in [2.05, 4.69) is 180 Å². The van der Waals surface area contributed by atoms with Gasteiger partial charge in [-0.2, -0.15) is 0 Å². The summed E-state index contributed by atoms with van der Waals surface area (Å²) in [4.78, 5) is 0. The summed E-state index contributed by atoms with van der Waals surface area (Å²) in [5.74, 6) is 0. The van der Waals surface area contributed by atoms with Crippen molar-refractivity contribution in [3.05, 3.63) is 181 Å². The Balaban J connectivity index is 1.10. The lowest BCUT2D eigenvalue weighted by molar-refractivity contribution is 0.281. The molecule has 0 aromatic heterocycles. The van der Waals surface area contributed by atoms with Crippen molar-refractivity contribution < 1.29 is 0 Å². The summed E-state index contributed by atoms with van der Waals surface area (Å²) in [5, 5.41) is 16.6. The summed E-state index contributed by atoms with van der Waals surface area (Å²) >= 11 is 0. The summed E-state index contributed by atoms with van der Waals surface area (Å²) in [6.07, 6.45) is 4.97. The maximum absolute atomic E-state index is 4.06. The third-order valence-electron chi connectivity index (χ3n) is 9.40. The van der Waals surface area contributed by atoms with Gasteiger partial charge in [0.15, 0.2) is 0 Å². The predicted molar refractivity (Wildman–Crippen MR) is 210 cm³/mol. The van der Waals surface area contributed by atoms with Crippen LogP contribution in [0.25, 0.3) is 0 Å². The number of rotatable bonds is 12. The molecule has 4 heteroatoms. The Hall–Kier alpha value is -3.90. The van der Waals surface area contributed by atoms with Crippen molar-refractivity contribution in [3.8, 4) is 0 Å². The Morgan fingerprint density at radius 1 is 0.375 bits per heavy atom. The van der Waals surface area contributed by atoms with Gasteiger partial charge in [0.25, 0.3) is 0 Å². The highest BCUT2D eigenvalue weighted by atomic mass is 31.1. The fourth-order valence-corrected chi connectivity index (χ4v) is 12.0. The molecule has 0 amide bonds.